The molecule has 0 N–H and O–H groups in total. The Bertz CT molecular complexity index is 2810. The van der Waals surface area contributed by atoms with E-state index in [9.17, 15) is 0 Å². The van der Waals surface area contributed by atoms with Crippen LogP contribution in [0.5, 0.6) is 0 Å². The van der Waals surface area contributed by atoms with Crippen molar-refractivity contribution in [3.05, 3.63) is 89.0 Å². The minimum Gasteiger partial charge on any atom is -0.105 e. The molecule has 6 rings (SSSR count). The van der Waals surface area contributed by atoms with E-state index in [2.05, 4.69) is 173 Å². The molecule has 0 heterocycles. The van der Waals surface area contributed by atoms with Crippen molar-refractivity contribution >= 4 is 156 Å². The molecule has 0 fully saturated rings. The number of hydrogen-bond donors (Lipinski definition) is 0. The van der Waals surface area contributed by atoms with E-state index in [1.54, 1.807) is 21.8 Å². The van der Waals surface area contributed by atoms with Crippen LogP contribution in [-0.2, 0) is 0 Å². The van der Waals surface area contributed by atoms with Gasteiger partial charge in [0.2, 0.25) is 0 Å². The SMILES string of the molecule is BBB(B)B(B(B)B)c1c(C)c(C)c(C)c2c(-c3c(C)c(C)c(C)c4c(-c5c(C)c(C)c(C)c(C)c5C)c5c(C)c(C)c(C)c(C)c5c(C)c34)c(B(B)B)c(BB)c(B)c12. The summed E-state index contributed by atoms with van der Waals surface area (Å²) in [4.78, 5) is 0. The molecule has 0 saturated carbocycles. The molecule has 0 atom stereocenters. The fourth-order valence-corrected chi connectivity index (χ4v) is 12.4. The van der Waals surface area contributed by atoms with Gasteiger partial charge in [0.15, 0.2) is 0 Å². The fourth-order valence-electron chi connectivity index (χ4n) is 12.4. The van der Waals surface area contributed by atoms with Crippen molar-refractivity contribution in [1.82, 2.24) is 0 Å². The van der Waals surface area contributed by atoms with Gasteiger partial charge in [0.05, 0.1) is 60.7 Å². The largest absolute Gasteiger partial charge is 0.139 e. The zero-order valence-corrected chi connectivity index (χ0v) is 42.7. The highest BCUT2D eigenvalue weighted by Crippen LogP contribution is 2.52. The van der Waals surface area contributed by atoms with E-state index in [1.165, 1.54) is 151 Å². The highest BCUT2D eigenvalue weighted by Gasteiger charge is 2.35. The molecular weight excluding hydrogens is 704 g/mol. The monoisotopic (exact) mass is 773 g/mol. The average molecular weight is 770 g/mol. The van der Waals surface area contributed by atoms with E-state index in [4.69, 9.17) is 0 Å². The molecule has 6 aromatic carbocycles. The maximum atomic E-state index is 2.51. The van der Waals surface area contributed by atoms with Crippen LogP contribution >= 0.6 is 0 Å². The van der Waals surface area contributed by atoms with Crippen molar-refractivity contribution in [2.45, 2.75) is 111 Å². The van der Waals surface area contributed by atoms with Gasteiger partial charge < -0.3 is 0 Å². The highest BCUT2D eigenvalue weighted by molar-refractivity contribution is 7.87. The molecule has 0 amide bonds. The van der Waals surface area contributed by atoms with Crippen molar-refractivity contribution in [3.8, 4) is 22.3 Å². The summed E-state index contributed by atoms with van der Waals surface area (Å²) in [6, 6.07) is 0. The van der Waals surface area contributed by atoms with Crippen molar-refractivity contribution in [2.24, 2.45) is 0 Å². The molecule has 0 radical (unpaired) electrons. The summed E-state index contributed by atoms with van der Waals surface area (Å²) in [5.74, 6) is 0. The van der Waals surface area contributed by atoms with E-state index >= 15 is 0 Å². The smallest absolute Gasteiger partial charge is 0.105 e. The Morgan fingerprint density at radius 1 is 0.350 bits per heavy atom. The summed E-state index contributed by atoms with van der Waals surface area (Å²) in [6.45, 7) is 39.3. The van der Waals surface area contributed by atoms with E-state index in [1.807, 2.05) is 0 Å². The van der Waals surface area contributed by atoms with Crippen LogP contribution in [0, 0.1) is 111 Å². The maximum absolute atomic E-state index is 2.51. The van der Waals surface area contributed by atoms with Gasteiger partial charge in [-0.1, -0.05) is 22.0 Å². The van der Waals surface area contributed by atoms with Gasteiger partial charge in [0.25, 0.3) is 0 Å². The highest BCUT2D eigenvalue weighted by atomic mass is 14.3. The average Bonchev–Trinajstić information content (AvgIpc) is 3.20. The molecule has 0 aliphatic carbocycles. The Balaban J connectivity index is 2.13. The molecule has 0 aliphatic heterocycles. The predicted octanol–water partition coefficient (Wildman–Crippen LogP) is -0.0365. The van der Waals surface area contributed by atoms with Gasteiger partial charge in [-0.15, -0.1) is 5.46 Å². The molecule has 0 nitrogen and oxygen atoms in total. The molecule has 0 spiro atoms. The Kier molecular flexibility index (Phi) is 12.9. The summed E-state index contributed by atoms with van der Waals surface area (Å²) >= 11 is 0. The molecule has 0 aliphatic rings. The first-order chi connectivity index (χ1) is 27.9. The zero-order valence-electron chi connectivity index (χ0n) is 42.7. The molecule has 14 heteroatoms. The molecule has 0 unspecified atom stereocenters. The van der Waals surface area contributed by atoms with Gasteiger partial charge in [0, 0.05) is 19.8 Å². The molecule has 0 bridgehead atoms. The maximum Gasteiger partial charge on any atom is 0.139 e. The van der Waals surface area contributed by atoms with Crippen LogP contribution in [0.4, 0.5) is 0 Å². The van der Waals surface area contributed by atoms with Crippen LogP contribution in [-0.4, -0.2) is 102 Å². The Hall–Kier alpha value is -2.99. The summed E-state index contributed by atoms with van der Waals surface area (Å²) < 4.78 is 0. The normalized spacial score (nSPS) is 11.5. The van der Waals surface area contributed by atoms with E-state index < -0.39 is 0 Å². The minimum atomic E-state index is 0.357. The lowest BCUT2D eigenvalue weighted by Crippen LogP contribution is -2.63. The number of benzene rings is 6. The van der Waals surface area contributed by atoms with Gasteiger partial charge in [-0.25, -0.2) is 0 Å². The van der Waals surface area contributed by atoms with Crippen molar-refractivity contribution in [3.63, 3.8) is 0 Å². The minimum absolute atomic E-state index is 0.357. The second-order valence-corrected chi connectivity index (χ2v) is 20.3. The van der Waals surface area contributed by atoms with Gasteiger partial charge in [-0.2, -0.15) is 0 Å². The molecule has 0 saturated heterocycles. The summed E-state index contributed by atoms with van der Waals surface area (Å²) in [5.41, 5.74) is 35.1. The quantitative estimate of drug-likeness (QED) is 0.151. The zero-order chi connectivity index (χ0) is 45.0. The first-order valence-electron chi connectivity index (χ1n) is 23.6. The topological polar surface area (TPSA) is 0 Å². The first kappa shape index (κ1) is 46.5. The second-order valence-electron chi connectivity index (χ2n) is 20.3. The number of hydrogen-bond acceptors (Lipinski definition) is 0. The van der Waals surface area contributed by atoms with E-state index in [-0.39, 0.29) is 0 Å². The van der Waals surface area contributed by atoms with Gasteiger partial charge in [-0.05, 0) is 249 Å². The fraction of sp³-hybridized carbons (Fsp3) is 0.348. The number of aryl methyl sites for hydroxylation is 5. The predicted molar refractivity (Wildman–Crippen MR) is 310 cm³/mol. The van der Waals surface area contributed by atoms with Crippen molar-refractivity contribution in [1.29, 1.82) is 0 Å². The van der Waals surface area contributed by atoms with Crippen LogP contribution in [0.3, 0.4) is 0 Å². The van der Waals surface area contributed by atoms with Crippen LogP contribution in [0.1, 0.15) is 89.0 Å². The van der Waals surface area contributed by atoms with E-state index in [0.717, 1.165) is 7.17 Å². The van der Waals surface area contributed by atoms with Crippen LogP contribution in [0.15, 0.2) is 0 Å². The summed E-state index contributed by atoms with van der Waals surface area (Å²) in [6.07, 6.45) is 1.12. The molecule has 6 aromatic rings. The molecular formula is C46H66B14. The third kappa shape index (κ3) is 6.51. The number of fused-ring (bicyclic) bond motifs is 3. The third-order valence-electron chi connectivity index (χ3n) is 17.1. The van der Waals surface area contributed by atoms with Gasteiger partial charge >= 0.3 is 0 Å². The van der Waals surface area contributed by atoms with Gasteiger partial charge in [0.1, 0.15) is 21.5 Å². The van der Waals surface area contributed by atoms with E-state index in [0.29, 0.717) is 25.8 Å². The summed E-state index contributed by atoms with van der Waals surface area (Å²) in [5, 5.41) is 8.89. The lowest BCUT2D eigenvalue weighted by molar-refractivity contribution is 1.18. The first-order valence-corrected chi connectivity index (χ1v) is 23.6. The van der Waals surface area contributed by atoms with Crippen LogP contribution < -0.4 is 21.9 Å². The molecule has 0 aromatic heterocycles. The standard InChI is InChI=1S/C46H66B14/c1-17-18(2)24(8)33(25(9)19(17)3)40-35-27(11)21(5)20(4)26(10)34(35)32(16)39-36(40)28(12)22(6)29(13)37(39)41-38-30(14)23(7)31(15)45(58(59(52)53)60(54)56-49)42(38)43(47)44(55-48)46(41)57(50)51/h55-56H,47-54H2,1-16H3. The molecule has 292 valence electrons. The van der Waals surface area contributed by atoms with Gasteiger partial charge in [-0.3, -0.25) is 0 Å². The van der Waals surface area contributed by atoms with Crippen molar-refractivity contribution < 1.29 is 0 Å². The second kappa shape index (κ2) is 16.6. The third-order valence-corrected chi connectivity index (χ3v) is 17.1. The Morgan fingerprint density at radius 3 is 1.17 bits per heavy atom. The Morgan fingerprint density at radius 2 is 0.717 bits per heavy atom. The van der Waals surface area contributed by atoms with Crippen LogP contribution in [0.25, 0.3) is 54.6 Å². The number of rotatable bonds is 8. The summed E-state index contributed by atoms with van der Waals surface area (Å²) in [7, 11) is 21.9. The molecule has 60 heavy (non-hydrogen) atoms. The lowest BCUT2D eigenvalue weighted by Gasteiger charge is -2.34. The van der Waals surface area contributed by atoms with Crippen molar-refractivity contribution in [2.75, 3.05) is 0 Å². The van der Waals surface area contributed by atoms with Crippen LogP contribution in [0.2, 0.25) is 0 Å². The Labute approximate surface area is 376 Å². The lowest BCUT2D eigenvalue weighted by atomic mass is 8.68.